The van der Waals surface area contributed by atoms with Crippen LogP contribution >= 0.6 is 39.1 Å². The van der Waals surface area contributed by atoms with Gasteiger partial charge in [0.15, 0.2) is 0 Å². The van der Waals surface area contributed by atoms with Gasteiger partial charge in [0.25, 0.3) is 0 Å². The predicted molar refractivity (Wildman–Crippen MR) is 87.8 cm³/mol. The van der Waals surface area contributed by atoms with Crippen molar-refractivity contribution in [3.05, 3.63) is 62.0 Å². The highest BCUT2D eigenvalue weighted by Gasteiger charge is 2.15. The Bertz CT molecular complexity index is 619. The van der Waals surface area contributed by atoms with Gasteiger partial charge in [-0.3, -0.25) is 0 Å². The second-order valence-electron chi connectivity index (χ2n) is 4.43. The van der Waals surface area contributed by atoms with Gasteiger partial charge in [-0.05, 0) is 42.3 Å². The van der Waals surface area contributed by atoms with Gasteiger partial charge in [-0.2, -0.15) is 0 Å². The fourth-order valence-corrected chi connectivity index (χ4v) is 2.96. The number of halogens is 3. The van der Waals surface area contributed by atoms with E-state index < -0.39 is 0 Å². The molecule has 2 N–H and O–H groups in total. The number of rotatable bonds is 4. The highest BCUT2D eigenvalue weighted by Crippen LogP contribution is 2.31. The van der Waals surface area contributed by atoms with Gasteiger partial charge in [0, 0.05) is 26.1 Å². The summed E-state index contributed by atoms with van der Waals surface area (Å²) in [5.41, 5.74) is 8.13. The molecular formula is C15H14BrCl2NO. The van der Waals surface area contributed by atoms with Gasteiger partial charge < -0.3 is 10.5 Å². The van der Waals surface area contributed by atoms with E-state index in [1.165, 1.54) is 0 Å². The van der Waals surface area contributed by atoms with E-state index in [0.29, 0.717) is 16.5 Å². The summed E-state index contributed by atoms with van der Waals surface area (Å²) in [6.07, 6.45) is 0.614. The topological polar surface area (TPSA) is 35.2 Å². The maximum Gasteiger partial charge on any atom is 0.123 e. The molecule has 0 aliphatic heterocycles. The van der Waals surface area contributed by atoms with Crippen molar-refractivity contribution in [3.8, 4) is 5.75 Å². The lowest BCUT2D eigenvalue weighted by molar-refractivity contribution is 0.405. The summed E-state index contributed by atoms with van der Waals surface area (Å²) >= 11 is 15.6. The first kappa shape index (κ1) is 15.6. The van der Waals surface area contributed by atoms with E-state index in [1.54, 1.807) is 13.2 Å². The molecule has 0 saturated heterocycles. The van der Waals surface area contributed by atoms with Crippen LogP contribution in [-0.2, 0) is 6.42 Å². The zero-order valence-electron chi connectivity index (χ0n) is 10.9. The Morgan fingerprint density at radius 3 is 2.60 bits per heavy atom. The zero-order chi connectivity index (χ0) is 14.7. The molecule has 2 aromatic carbocycles. The third kappa shape index (κ3) is 3.67. The number of methoxy groups -OCH3 is 1. The van der Waals surface area contributed by atoms with Crippen molar-refractivity contribution in [1.29, 1.82) is 0 Å². The SMILES string of the molecule is COc1ccc(Cl)cc1C(N)Cc1ccc(Br)cc1Cl. The predicted octanol–water partition coefficient (Wildman–Crippen LogP) is 5.01. The minimum atomic E-state index is -0.234. The molecule has 2 nitrogen and oxygen atoms in total. The van der Waals surface area contributed by atoms with E-state index in [2.05, 4.69) is 15.9 Å². The molecule has 0 spiro atoms. The Balaban J connectivity index is 2.27. The van der Waals surface area contributed by atoms with Crippen molar-refractivity contribution in [2.45, 2.75) is 12.5 Å². The van der Waals surface area contributed by atoms with Crippen molar-refractivity contribution in [2.24, 2.45) is 5.73 Å². The third-order valence-corrected chi connectivity index (χ3v) is 4.13. The van der Waals surface area contributed by atoms with Crippen LogP contribution in [0.2, 0.25) is 10.0 Å². The number of ether oxygens (including phenoxy) is 1. The van der Waals surface area contributed by atoms with Crippen molar-refractivity contribution in [2.75, 3.05) is 7.11 Å². The van der Waals surface area contributed by atoms with Crippen LogP contribution in [0.1, 0.15) is 17.2 Å². The van der Waals surface area contributed by atoms with E-state index in [1.807, 2.05) is 30.3 Å². The molecule has 1 atom stereocenters. The molecule has 0 saturated carbocycles. The van der Waals surface area contributed by atoms with Gasteiger partial charge >= 0.3 is 0 Å². The van der Waals surface area contributed by atoms with Crippen LogP contribution in [0.25, 0.3) is 0 Å². The van der Waals surface area contributed by atoms with Crippen LogP contribution in [-0.4, -0.2) is 7.11 Å². The van der Waals surface area contributed by atoms with Crippen LogP contribution in [0.5, 0.6) is 5.75 Å². The highest BCUT2D eigenvalue weighted by atomic mass is 79.9. The Labute approximate surface area is 137 Å². The first-order valence-corrected chi connectivity index (χ1v) is 7.59. The molecule has 0 bridgehead atoms. The van der Waals surface area contributed by atoms with Gasteiger partial charge in [-0.15, -0.1) is 0 Å². The third-order valence-electron chi connectivity index (χ3n) is 3.05. The Morgan fingerprint density at radius 2 is 1.95 bits per heavy atom. The van der Waals surface area contributed by atoms with E-state index in [9.17, 15) is 0 Å². The van der Waals surface area contributed by atoms with Gasteiger partial charge in [-0.1, -0.05) is 45.2 Å². The molecule has 0 heterocycles. The van der Waals surface area contributed by atoms with Crippen LogP contribution in [0, 0.1) is 0 Å². The average molecular weight is 375 g/mol. The fraction of sp³-hybridized carbons (Fsp3) is 0.200. The normalized spacial score (nSPS) is 12.2. The minimum Gasteiger partial charge on any atom is -0.496 e. The first-order valence-electron chi connectivity index (χ1n) is 6.04. The Morgan fingerprint density at radius 1 is 1.20 bits per heavy atom. The van der Waals surface area contributed by atoms with Crippen molar-refractivity contribution >= 4 is 39.1 Å². The summed E-state index contributed by atoms with van der Waals surface area (Å²) in [5, 5.41) is 1.33. The minimum absolute atomic E-state index is 0.234. The van der Waals surface area contributed by atoms with E-state index >= 15 is 0 Å². The molecule has 0 aliphatic rings. The Kier molecular flexibility index (Phi) is 5.33. The number of hydrogen-bond donors (Lipinski definition) is 1. The second-order valence-corrected chi connectivity index (χ2v) is 6.19. The molecule has 0 amide bonds. The molecule has 0 aliphatic carbocycles. The molecule has 2 aromatic rings. The average Bonchev–Trinajstić information content (AvgIpc) is 2.41. The maximum atomic E-state index is 6.27. The van der Waals surface area contributed by atoms with Crippen LogP contribution in [0.4, 0.5) is 0 Å². The fourth-order valence-electron chi connectivity index (χ4n) is 2.03. The standard InChI is InChI=1S/C15H14BrCl2NO/c1-20-15-5-4-11(17)8-12(15)14(19)6-9-2-3-10(16)7-13(9)18/h2-5,7-8,14H,6,19H2,1H3. The number of benzene rings is 2. The first-order chi connectivity index (χ1) is 9.51. The van der Waals surface area contributed by atoms with Gasteiger partial charge in [0.1, 0.15) is 5.75 Å². The molecule has 0 radical (unpaired) electrons. The number of hydrogen-bond acceptors (Lipinski definition) is 2. The second kappa shape index (κ2) is 6.81. The smallest absolute Gasteiger partial charge is 0.123 e. The molecule has 1 unspecified atom stereocenters. The quantitative estimate of drug-likeness (QED) is 0.816. The Hall–Kier alpha value is -0.740. The van der Waals surface area contributed by atoms with Gasteiger partial charge in [-0.25, -0.2) is 0 Å². The lowest BCUT2D eigenvalue weighted by atomic mass is 9.99. The monoisotopic (exact) mass is 373 g/mol. The van der Waals surface area contributed by atoms with E-state index in [-0.39, 0.29) is 6.04 Å². The van der Waals surface area contributed by atoms with Crippen LogP contribution < -0.4 is 10.5 Å². The summed E-state index contributed by atoms with van der Waals surface area (Å²) < 4.78 is 6.27. The maximum absolute atomic E-state index is 6.27. The summed E-state index contributed by atoms with van der Waals surface area (Å²) in [6.45, 7) is 0. The molecule has 0 fully saturated rings. The molecule has 20 heavy (non-hydrogen) atoms. The van der Waals surface area contributed by atoms with Crippen LogP contribution in [0.15, 0.2) is 40.9 Å². The number of nitrogens with two attached hydrogens (primary N) is 1. The van der Waals surface area contributed by atoms with Gasteiger partial charge in [0.05, 0.1) is 7.11 Å². The molecular weight excluding hydrogens is 361 g/mol. The molecule has 5 heteroatoms. The summed E-state index contributed by atoms with van der Waals surface area (Å²) in [7, 11) is 1.62. The molecule has 0 aromatic heterocycles. The molecule has 106 valence electrons. The molecule has 2 rings (SSSR count). The summed E-state index contributed by atoms with van der Waals surface area (Å²) in [5.74, 6) is 0.732. The van der Waals surface area contributed by atoms with Crippen molar-refractivity contribution in [1.82, 2.24) is 0 Å². The summed E-state index contributed by atoms with van der Waals surface area (Å²) in [4.78, 5) is 0. The lowest BCUT2D eigenvalue weighted by Crippen LogP contribution is -2.14. The zero-order valence-corrected chi connectivity index (χ0v) is 14.0. The van der Waals surface area contributed by atoms with Crippen molar-refractivity contribution in [3.63, 3.8) is 0 Å². The lowest BCUT2D eigenvalue weighted by Gasteiger charge is -2.17. The van der Waals surface area contributed by atoms with Crippen LogP contribution in [0.3, 0.4) is 0 Å². The van der Waals surface area contributed by atoms with Gasteiger partial charge in [0.2, 0.25) is 0 Å². The van der Waals surface area contributed by atoms with E-state index in [0.717, 1.165) is 21.3 Å². The largest absolute Gasteiger partial charge is 0.496 e. The van der Waals surface area contributed by atoms with Crippen molar-refractivity contribution < 1.29 is 4.74 Å². The summed E-state index contributed by atoms with van der Waals surface area (Å²) in [6, 6.07) is 11.0. The van der Waals surface area contributed by atoms with E-state index in [4.69, 9.17) is 33.7 Å². The highest BCUT2D eigenvalue weighted by molar-refractivity contribution is 9.10.